The molecule has 0 spiro atoms. The third-order valence-electron chi connectivity index (χ3n) is 4.89. The predicted octanol–water partition coefficient (Wildman–Crippen LogP) is 0.710. The van der Waals surface area contributed by atoms with E-state index in [1.165, 1.54) is 6.92 Å². The molecule has 1 unspecified atom stereocenters. The number of piperazine rings is 1. The van der Waals surface area contributed by atoms with E-state index >= 15 is 0 Å². The highest BCUT2D eigenvalue weighted by molar-refractivity contribution is 6.06. The van der Waals surface area contributed by atoms with Gasteiger partial charge in [-0.1, -0.05) is 6.92 Å². The van der Waals surface area contributed by atoms with Gasteiger partial charge in [-0.05, 0) is 37.7 Å². The zero-order chi connectivity index (χ0) is 19.4. The molecule has 0 aromatic heterocycles. The standard InChI is InChI=1S/C19H25N5O3/c1-3-23-8-10-24(11-9-23)19-21-16(12-17(26)22-19)18(27)20-15-6-4-14(5-7-15)13(2)25/h4-7,16H,3,8-12H2,1-2H3,(H,20,27)(H,21,22,26). The van der Waals surface area contributed by atoms with Crippen molar-refractivity contribution in [3.63, 3.8) is 0 Å². The number of rotatable bonds is 4. The van der Waals surface area contributed by atoms with Crippen LogP contribution >= 0.6 is 0 Å². The van der Waals surface area contributed by atoms with Crippen LogP contribution in [0, 0.1) is 0 Å². The molecule has 0 aliphatic carbocycles. The number of nitrogens with one attached hydrogen (secondary N) is 2. The summed E-state index contributed by atoms with van der Waals surface area (Å²) in [5, 5.41) is 5.56. The molecule has 3 rings (SSSR count). The fraction of sp³-hybridized carbons (Fsp3) is 0.474. The number of carbonyl (C=O) groups is 3. The van der Waals surface area contributed by atoms with Crippen molar-refractivity contribution < 1.29 is 14.4 Å². The van der Waals surface area contributed by atoms with E-state index in [2.05, 4.69) is 27.4 Å². The van der Waals surface area contributed by atoms with Crippen LogP contribution in [0.3, 0.4) is 0 Å². The highest BCUT2D eigenvalue weighted by Crippen LogP contribution is 2.14. The van der Waals surface area contributed by atoms with Gasteiger partial charge in [0.05, 0.1) is 6.42 Å². The monoisotopic (exact) mass is 371 g/mol. The van der Waals surface area contributed by atoms with Gasteiger partial charge < -0.3 is 15.1 Å². The average Bonchev–Trinajstić information content (AvgIpc) is 2.68. The Morgan fingerprint density at radius 3 is 2.44 bits per heavy atom. The van der Waals surface area contributed by atoms with Gasteiger partial charge in [-0.3, -0.25) is 19.7 Å². The molecule has 2 aliphatic rings. The van der Waals surface area contributed by atoms with Crippen molar-refractivity contribution in [3.05, 3.63) is 29.8 Å². The van der Waals surface area contributed by atoms with Gasteiger partial charge in [0.25, 0.3) is 0 Å². The van der Waals surface area contributed by atoms with E-state index in [9.17, 15) is 14.4 Å². The van der Waals surface area contributed by atoms with Crippen LogP contribution in [0.2, 0.25) is 0 Å². The fourth-order valence-electron chi connectivity index (χ4n) is 3.18. The highest BCUT2D eigenvalue weighted by atomic mass is 16.2. The van der Waals surface area contributed by atoms with E-state index in [4.69, 9.17) is 0 Å². The second-order valence-electron chi connectivity index (χ2n) is 6.76. The minimum atomic E-state index is -0.759. The normalized spacial score (nSPS) is 20.7. The average molecular weight is 371 g/mol. The first kappa shape index (κ1) is 19.0. The van der Waals surface area contributed by atoms with Crippen LogP contribution in [0.5, 0.6) is 0 Å². The molecule has 1 fully saturated rings. The van der Waals surface area contributed by atoms with Crippen molar-refractivity contribution in [2.24, 2.45) is 4.99 Å². The van der Waals surface area contributed by atoms with Gasteiger partial charge in [-0.25, -0.2) is 4.99 Å². The fourth-order valence-corrected chi connectivity index (χ4v) is 3.18. The van der Waals surface area contributed by atoms with Gasteiger partial charge in [0.15, 0.2) is 5.78 Å². The first-order chi connectivity index (χ1) is 13.0. The van der Waals surface area contributed by atoms with Crippen LogP contribution in [0.1, 0.15) is 30.6 Å². The molecule has 0 saturated carbocycles. The molecular formula is C19H25N5O3. The quantitative estimate of drug-likeness (QED) is 0.761. The molecule has 27 heavy (non-hydrogen) atoms. The Hall–Kier alpha value is -2.74. The minimum absolute atomic E-state index is 0.0236. The lowest BCUT2D eigenvalue weighted by atomic mass is 10.1. The number of Topliss-reactive ketones (excluding diaryl/α,β-unsaturated/α-hetero) is 1. The molecule has 1 atom stereocenters. The Morgan fingerprint density at radius 1 is 1.19 bits per heavy atom. The van der Waals surface area contributed by atoms with Crippen LogP contribution in [0.25, 0.3) is 0 Å². The highest BCUT2D eigenvalue weighted by Gasteiger charge is 2.30. The van der Waals surface area contributed by atoms with Crippen molar-refractivity contribution in [2.75, 3.05) is 38.0 Å². The maximum Gasteiger partial charge on any atom is 0.249 e. The molecule has 2 amide bonds. The molecule has 0 bridgehead atoms. The number of likely N-dealkylation sites (N-methyl/N-ethyl adjacent to an activating group) is 1. The lowest BCUT2D eigenvalue weighted by Gasteiger charge is -2.37. The summed E-state index contributed by atoms with van der Waals surface area (Å²) in [4.78, 5) is 44.8. The first-order valence-electron chi connectivity index (χ1n) is 9.23. The van der Waals surface area contributed by atoms with Gasteiger partial charge in [-0.15, -0.1) is 0 Å². The molecule has 0 radical (unpaired) electrons. The summed E-state index contributed by atoms with van der Waals surface area (Å²) in [5.74, 6) is -0.0848. The molecule has 1 aromatic rings. The summed E-state index contributed by atoms with van der Waals surface area (Å²) in [6.45, 7) is 7.97. The molecule has 1 aromatic carbocycles. The van der Waals surface area contributed by atoms with Crippen molar-refractivity contribution in [1.29, 1.82) is 0 Å². The van der Waals surface area contributed by atoms with E-state index in [-0.39, 0.29) is 24.0 Å². The maximum absolute atomic E-state index is 12.6. The second kappa shape index (κ2) is 8.30. The molecule has 2 aliphatic heterocycles. The number of amides is 2. The summed E-state index contributed by atoms with van der Waals surface area (Å²) in [6, 6.07) is 5.91. The number of hydrogen-bond donors (Lipinski definition) is 2. The summed E-state index contributed by atoms with van der Waals surface area (Å²) >= 11 is 0. The molecule has 2 heterocycles. The third kappa shape index (κ3) is 4.71. The number of hydrogen-bond acceptors (Lipinski definition) is 6. The predicted molar refractivity (Wildman–Crippen MR) is 103 cm³/mol. The number of anilines is 1. The van der Waals surface area contributed by atoms with E-state index in [0.29, 0.717) is 17.2 Å². The van der Waals surface area contributed by atoms with Crippen LogP contribution in [-0.4, -0.2) is 72.1 Å². The second-order valence-corrected chi connectivity index (χ2v) is 6.76. The van der Waals surface area contributed by atoms with Crippen molar-refractivity contribution >= 4 is 29.2 Å². The van der Waals surface area contributed by atoms with Crippen molar-refractivity contribution in [2.45, 2.75) is 26.3 Å². The lowest BCUT2D eigenvalue weighted by molar-refractivity contribution is -0.125. The SMILES string of the molecule is CCN1CCN(C2=NC(C(=O)Nc3ccc(C(C)=O)cc3)CC(=O)N2)CC1. The van der Waals surface area contributed by atoms with Crippen LogP contribution in [0.4, 0.5) is 5.69 Å². The molecule has 144 valence electrons. The van der Waals surface area contributed by atoms with E-state index < -0.39 is 6.04 Å². The van der Waals surface area contributed by atoms with Gasteiger partial charge in [0.2, 0.25) is 17.8 Å². The smallest absolute Gasteiger partial charge is 0.249 e. The Kier molecular flexibility index (Phi) is 5.85. The van der Waals surface area contributed by atoms with E-state index in [0.717, 1.165) is 32.7 Å². The Bertz CT molecular complexity index is 751. The number of guanidine groups is 1. The molecule has 8 heteroatoms. The molecule has 8 nitrogen and oxygen atoms in total. The Labute approximate surface area is 158 Å². The largest absolute Gasteiger partial charge is 0.340 e. The van der Waals surface area contributed by atoms with Gasteiger partial charge in [-0.2, -0.15) is 0 Å². The molecule has 1 saturated heterocycles. The topological polar surface area (TPSA) is 94.1 Å². The zero-order valence-electron chi connectivity index (χ0n) is 15.7. The number of carbonyl (C=O) groups excluding carboxylic acids is 3. The number of nitrogens with zero attached hydrogens (tertiary/aromatic N) is 3. The van der Waals surface area contributed by atoms with Crippen molar-refractivity contribution in [1.82, 2.24) is 15.1 Å². The summed E-state index contributed by atoms with van der Waals surface area (Å²) < 4.78 is 0. The number of benzene rings is 1. The minimum Gasteiger partial charge on any atom is -0.340 e. The van der Waals surface area contributed by atoms with Crippen molar-refractivity contribution in [3.8, 4) is 0 Å². The lowest BCUT2D eigenvalue weighted by Crippen LogP contribution is -2.56. The van der Waals surface area contributed by atoms with Crippen LogP contribution < -0.4 is 10.6 Å². The first-order valence-corrected chi connectivity index (χ1v) is 9.23. The summed E-state index contributed by atoms with van der Waals surface area (Å²) in [7, 11) is 0. The Morgan fingerprint density at radius 2 is 1.85 bits per heavy atom. The maximum atomic E-state index is 12.6. The van der Waals surface area contributed by atoms with Gasteiger partial charge in [0.1, 0.15) is 6.04 Å². The number of aliphatic imine (C=N–C) groups is 1. The summed E-state index contributed by atoms with van der Waals surface area (Å²) in [5.41, 5.74) is 1.15. The van der Waals surface area contributed by atoms with Gasteiger partial charge in [0, 0.05) is 37.4 Å². The summed E-state index contributed by atoms with van der Waals surface area (Å²) in [6.07, 6.45) is 0.0236. The van der Waals surface area contributed by atoms with Gasteiger partial charge >= 0.3 is 0 Å². The van der Waals surface area contributed by atoms with Crippen LogP contribution in [0.15, 0.2) is 29.3 Å². The number of ketones is 1. The van der Waals surface area contributed by atoms with E-state index in [1.54, 1.807) is 24.3 Å². The Balaban J connectivity index is 1.66. The molecular weight excluding hydrogens is 346 g/mol. The molecule has 2 N–H and O–H groups in total. The van der Waals surface area contributed by atoms with E-state index in [1.807, 2.05) is 4.90 Å². The van der Waals surface area contributed by atoms with Crippen LogP contribution in [-0.2, 0) is 9.59 Å². The third-order valence-corrected chi connectivity index (χ3v) is 4.89. The zero-order valence-corrected chi connectivity index (χ0v) is 15.7.